The molecule has 0 radical (unpaired) electrons. The fourth-order valence-electron chi connectivity index (χ4n) is 2.57. The van der Waals surface area contributed by atoms with E-state index >= 15 is 0 Å². The third-order valence-corrected chi connectivity index (χ3v) is 4.72. The summed E-state index contributed by atoms with van der Waals surface area (Å²) in [5.41, 5.74) is 2.85. The average Bonchev–Trinajstić information content (AvgIpc) is 2.47. The number of carbonyl (C=O) groups is 1. The highest BCUT2D eigenvalue weighted by molar-refractivity contribution is 8.07. The van der Waals surface area contributed by atoms with Crippen LogP contribution in [-0.2, 0) is 15.6 Å². The topological polar surface area (TPSA) is 49.7 Å². The Kier molecular flexibility index (Phi) is 5.09. The largest absolute Gasteiger partial charge is 0.507 e. The molecule has 0 aliphatic carbocycles. The summed E-state index contributed by atoms with van der Waals surface area (Å²) in [7, 11) is 0. The summed E-state index contributed by atoms with van der Waals surface area (Å²) >= 11 is 1.48. The maximum Gasteiger partial charge on any atom is 0.169 e. The quantitative estimate of drug-likeness (QED) is 0.752. The Labute approximate surface area is 148 Å². The van der Waals surface area contributed by atoms with E-state index in [1.165, 1.54) is 11.8 Å². The lowest BCUT2D eigenvalue weighted by atomic mass is 9.78. The summed E-state index contributed by atoms with van der Waals surface area (Å²) in [6.45, 7) is 12.5. The van der Waals surface area contributed by atoms with E-state index in [1.54, 1.807) is 6.20 Å². The van der Waals surface area contributed by atoms with E-state index in [0.717, 1.165) is 27.9 Å². The van der Waals surface area contributed by atoms with Gasteiger partial charge in [-0.25, -0.2) is 0 Å². The number of allylic oxidation sites excluding steroid dienone is 1. The van der Waals surface area contributed by atoms with Crippen molar-refractivity contribution in [3.05, 3.63) is 45.3 Å². The van der Waals surface area contributed by atoms with Crippen molar-refractivity contribution in [1.29, 1.82) is 0 Å². The highest BCUT2D eigenvalue weighted by Gasteiger charge is 2.26. The number of aliphatic imine (C=N–C) groups is 1. The number of aldehydes is 1. The van der Waals surface area contributed by atoms with E-state index in [0.29, 0.717) is 11.5 Å². The minimum Gasteiger partial charge on any atom is -0.507 e. The molecule has 0 unspecified atom stereocenters. The number of hydrogen-bond donors (Lipinski definition) is 1. The van der Waals surface area contributed by atoms with Crippen LogP contribution in [0.3, 0.4) is 0 Å². The molecule has 1 N–H and O–H groups in total. The first kappa shape index (κ1) is 18.5. The van der Waals surface area contributed by atoms with Crippen LogP contribution < -0.4 is 0 Å². The standard InChI is InChI=1S/C20H25NO2S/c1-19(2,3)14-9-13(10-15(18(14)23)20(4,5)6)11-17-16(12-22)21-7-8-24-17/h7-12,23H,1-6H3. The molecule has 0 spiro atoms. The van der Waals surface area contributed by atoms with Crippen molar-refractivity contribution in [2.45, 2.75) is 52.4 Å². The van der Waals surface area contributed by atoms with Crippen LogP contribution in [-0.4, -0.2) is 17.1 Å². The number of carbonyl (C=O) groups excluding carboxylic acids is 1. The molecule has 0 bridgehead atoms. The number of aromatic hydroxyl groups is 1. The SMILES string of the molecule is CC(C)(C)c1cc(C=C2SC=CN=C2C=O)cc(C(C)(C)C)c1O. The molecule has 1 aromatic carbocycles. The summed E-state index contributed by atoms with van der Waals surface area (Å²) in [6, 6.07) is 4.00. The minimum atomic E-state index is -0.181. The normalized spacial score (nSPS) is 17.1. The Balaban J connectivity index is 2.65. The van der Waals surface area contributed by atoms with Crippen LogP contribution in [0.2, 0.25) is 0 Å². The lowest BCUT2D eigenvalue weighted by Gasteiger charge is -2.28. The minimum absolute atomic E-state index is 0.181. The van der Waals surface area contributed by atoms with Gasteiger partial charge in [0, 0.05) is 22.2 Å². The van der Waals surface area contributed by atoms with Crippen molar-refractivity contribution in [3.8, 4) is 5.75 Å². The van der Waals surface area contributed by atoms with Crippen LogP contribution in [0.15, 0.2) is 33.6 Å². The summed E-state index contributed by atoms with van der Waals surface area (Å²) < 4.78 is 0. The first-order valence-electron chi connectivity index (χ1n) is 7.99. The third kappa shape index (κ3) is 3.99. The van der Waals surface area contributed by atoms with Gasteiger partial charge >= 0.3 is 0 Å². The number of phenolic OH excluding ortho intramolecular Hbond substituents is 1. The molecule has 1 aliphatic rings. The molecule has 0 saturated carbocycles. The highest BCUT2D eigenvalue weighted by Crippen LogP contribution is 2.40. The van der Waals surface area contributed by atoms with Crippen molar-refractivity contribution in [1.82, 2.24) is 0 Å². The molecule has 0 amide bonds. The Hall–Kier alpha value is -1.81. The van der Waals surface area contributed by atoms with E-state index in [2.05, 4.69) is 46.5 Å². The van der Waals surface area contributed by atoms with Gasteiger partial charge in [0.05, 0.1) is 0 Å². The van der Waals surface area contributed by atoms with E-state index in [1.807, 2.05) is 23.6 Å². The Morgan fingerprint density at radius 1 is 1.04 bits per heavy atom. The van der Waals surface area contributed by atoms with Gasteiger partial charge in [-0.2, -0.15) is 0 Å². The van der Waals surface area contributed by atoms with E-state index < -0.39 is 0 Å². The van der Waals surface area contributed by atoms with Crippen LogP contribution >= 0.6 is 11.8 Å². The average molecular weight is 343 g/mol. The molecule has 3 nitrogen and oxygen atoms in total. The fourth-order valence-corrected chi connectivity index (χ4v) is 3.26. The molecule has 1 aromatic rings. The number of phenols is 1. The van der Waals surface area contributed by atoms with Gasteiger partial charge in [-0.15, -0.1) is 0 Å². The van der Waals surface area contributed by atoms with Gasteiger partial charge in [0.1, 0.15) is 11.5 Å². The van der Waals surface area contributed by atoms with Crippen LogP contribution in [0.5, 0.6) is 5.75 Å². The highest BCUT2D eigenvalue weighted by atomic mass is 32.2. The van der Waals surface area contributed by atoms with Crippen molar-refractivity contribution in [2.75, 3.05) is 0 Å². The number of hydrogen-bond acceptors (Lipinski definition) is 4. The molecule has 128 valence electrons. The zero-order valence-corrected chi connectivity index (χ0v) is 16.0. The van der Waals surface area contributed by atoms with Crippen molar-refractivity contribution in [3.63, 3.8) is 0 Å². The van der Waals surface area contributed by atoms with Crippen molar-refractivity contribution >= 4 is 29.8 Å². The van der Waals surface area contributed by atoms with Gasteiger partial charge in [0.25, 0.3) is 0 Å². The van der Waals surface area contributed by atoms with Crippen molar-refractivity contribution in [2.24, 2.45) is 4.99 Å². The van der Waals surface area contributed by atoms with Gasteiger partial charge in [-0.1, -0.05) is 53.3 Å². The Bertz CT molecular complexity index is 709. The lowest BCUT2D eigenvalue weighted by Crippen LogP contribution is -2.17. The number of benzene rings is 1. The Morgan fingerprint density at radius 2 is 1.58 bits per heavy atom. The van der Waals surface area contributed by atoms with E-state index in [4.69, 9.17) is 0 Å². The second-order valence-electron chi connectivity index (χ2n) is 8.01. The molecule has 24 heavy (non-hydrogen) atoms. The molecule has 0 fully saturated rings. The first-order chi connectivity index (χ1) is 11.0. The van der Waals surface area contributed by atoms with Crippen molar-refractivity contribution < 1.29 is 9.90 Å². The molecular formula is C20H25NO2S. The molecule has 0 atom stereocenters. The second-order valence-corrected chi connectivity index (χ2v) is 8.96. The molecule has 1 heterocycles. The molecule has 1 aliphatic heterocycles. The van der Waals surface area contributed by atoms with Gasteiger partial charge in [0.2, 0.25) is 0 Å². The summed E-state index contributed by atoms with van der Waals surface area (Å²) in [5, 5.41) is 12.6. The predicted molar refractivity (Wildman–Crippen MR) is 104 cm³/mol. The van der Waals surface area contributed by atoms with Gasteiger partial charge in [-0.3, -0.25) is 9.79 Å². The van der Waals surface area contributed by atoms with Gasteiger partial charge in [0.15, 0.2) is 6.29 Å². The maximum absolute atomic E-state index is 11.2. The molecule has 4 heteroatoms. The monoisotopic (exact) mass is 343 g/mol. The zero-order chi connectivity index (χ0) is 18.1. The van der Waals surface area contributed by atoms with Crippen LogP contribution in [0, 0.1) is 0 Å². The third-order valence-electron chi connectivity index (χ3n) is 3.88. The van der Waals surface area contributed by atoms with E-state index in [-0.39, 0.29) is 10.8 Å². The van der Waals surface area contributed by atoms with Crippen LogP contribution in [0.25, 0.3) is 6.08 Å². The van der Waals surface area contributed by atoms with Crippen LogP contribution in [0.4, 0.5) is 0 Å². The zero-order valence-electron chi connectivity index (χ0n) is 15.2. The van der Waals surface area contributed by atoms with E-state index in [9.17, 15) is 9.90 Å². The summed E-state index contributed by atoms with van der Waals surface area (Å²) in [4.78, 5) is 16.1. The number of nitrogens with zero attached hydrogens (tertiary/aromatic N) is 1. The molecule has 0 saturated heterocycles. The summed E-state index contributed by atoms with van der Waals surface area (Å²) in [6.07, 6.45) is 4.37. The second kappa shape index (κ2) is 6.60. The number of rotatable bonds is 2. The maximum atomic E-state index is 11.2. The molecular weight excluding hydrogens is 318 g/mol. The summed E-state index contributed by atoms with van der Waals surface area (Å²) in [5.74, 6) is 0.359. The van der Waals surface area contributed by atoms with Gasteiger partial charge < -0.3 is 5.11 Å². The smallest absolute Gasteiger partial charge is 0.169 e. The fraction of sp³-hybridized carbons (Fsp3) is 0.400. The molecule has 0 aromatic heterocycles. The number of thioether (sulfide) groups is 1. The first-order valence-corrected chi connectivity index (χ1v) is 8.86. The predicted octanol–water partition coefficient (Wildman–Crippen LogP) is 5.19. The van der Waals surface area contributed by atoms with Crippen LogP contribution in [0.1, 0.15) is 58.2 Å². The lowest BCUT2D eigenvalue weighted by molar-refractivity contribution is -0.102. The van der Waals surface area contributed by atoms with Gasteiger partial charge in [-0.05, 0) is 40.0 Å². The Morgan fingerprint density at radius 3 is 2.04 bits per heavy atom. The molecule has 2 rings (SSSR count).